The van der Waals surface area contributed by atoms with E-state index in [1.807, 2.05) is 18.2 Å². The van der Waals surface area contributed by atoms with E-state index >= 15 is 0 Å². The topological polar surface area (TPSA) is 83.4 Å². The minimum atomic E-state index is -0.284. The summed E-state index contributed by atoms with van der Waals surface area (Å²) in [7, 11) is 3.35. The monoisotopic (exact) mass is 386 g/mol. The molecule has 1 aromatic carbocycles. The molecule has 1 N–H and O–H groups in total. The van der Waals surface area contributed by atoms with E-state index in [4.69, 9.17) is 0 Å². The molecule has 0 saturated heterocycles. The summed E-state index contributed by atoms with van der Waals surface area (Å²) >= 11 is 0. The molecule has 8 heteroatoms. The molecule has 2 aromatic rings. The Balaban J connectivity index is 1.98. The van der Waals surface area contributed by atoms with Crippen molar-refractivity contribution in [1.82, 2.24) is 30.1 Å². The van der Waals surface area contributed by atoms with Gasteiger partial charge in [-0.3, -0.25) is 14.5 Å². The first-order valence-electron chi connectivity index (χ1n) is 9.61. The van der Waals surface area contributed by atoms with Crippen LogP contribution in [-0.2, 0) is 17.8 Å². The highest BCUT2D eigenvalue weighted by atomic mass is 16.2. The van der Waals surface area contributed by atoms with Crippen molar-refractivity contribution in [1.29, 1.82) is 0 Å². The van der Waals surface area contributed by atoms with Crippen LogP contribution >= 0.6 is 0 Å². The first-order chi connectivity index (χ1) is 13.4. The Morgan fingerprint density at radius 2 is 1.82 bits per heavy atom. The van der Waals surface area contributed by atoms with Gasteiger partial charge >= 0.3 is 0 Å². The number of nitrogens with zero attached hydrogens (tertiary/aromatic N) is 5. The summed E-state index contributed by atoms with van der Waals surface area (Å²) in [5.41, 5.74) is 1.45. The fourth-order valence-electron chi connectivity index (χ4n) is 3.02. The Hall–Kier alpha value is -2.74. The maximum absolute atomic E-state index is 12.5. The maximum Gasteiger partial charge on any atom is 0.273 e. The molecule has 0 bridgehead atoms. The predicted octanol–water partition coefficient (Wildman–Crippen LogP) is 1.05. The molecule has 2 amide bonds. The smallest absolute Gasteiger partial charge is 0.273 e. The molecule has 8 nitrogen and oxygen atoms in total. The third-order valence-electron chi connectivity index (χ3n) is 4.71. The third-order valence-corrected chi connectivity index (χ3v) is 4.71. The molecular formula is C20H30N6O2. The van der Waals surface area contributed by atoms with Crippen LogP contribution in [0, 0.1) is 0 Å². The number of aromatic nitrogens is 3. The summed E-state index contributed by atoms with van der Waals surface area (Å²) in [6.45, 7) is 6.63. The van der Waals surface area contributed by atoms with Gasteiger partial charge in [-0.15, -0.1) is 5.10 Å². The van der Waals surface area contributed by atoms with Crippen LogP contribution in [0.2, 0.25) is 0 Å². The van der Waals surface area contributed by atoms with Crippen LogP contribution in [0.5, 0.6) is 0 Å². The Labute approximate surface area is 166 Å². The average molecular weight is 387 g/mol. The van der Waals surface area contributed by atoms with Crippen molar-refractivity contribution in [3.63, 3.8) is 0 Å². The van der Waals surface area contributed by atoms with Crippen molar-refractivity contribution in [3.05, 3.63) is 47.8 Å². The summed E-state index contributed by atoms with van der Waals surface area (Å²) < 4.78 is 1.38. The Morgan fingerprint density at radius 1 is 1.14 bits per heavy atom. The van der Waals surface area contributed by atoms with Gasteiger partial charge in [0.2, 0.25) is 5.91 Å². The zero-order chi connectivity index (χ0) is 20.5. The Kier molecular flexibility index (Phi) is 8.13. The van der Waals surface area contributed by atoms with Gasteiger partial charge in [0.1, 0.15) is 6.54 Å². The quantitative estimate of drug-likeness (QED) is 0.660. The lowest BCUT2D eigenvalue weighted by Crippen LogP contribution is -2.45. The summed E-state index contributed by atoms with van der Waals surface area (Å²) in [5.74, 6) is -0.393. The van der Waals surface area contributed by atoms with E-state index in [0.29, 0.717) is 6.54 Å². The van der Waals surface area contributed by atoms with E-state index in [0.717, 1.165) is 19.5 Å². The van der Waals surface area contributed by atoms with Gasteiger partial charge in [0.15, 0.2) is 5.69 Å². The Bertz CT molecular complexity index is 755. The number of carbonyl (C=O) groups is 2. The lowest BCUT2D eigenvalue weighted by atomic mass is 10.0. The van der Waals surface area contributed by atoms with Gasteiger partial charge in [0.05, 0.1) is 6.20 Å². The van der Waals surface area contributed by atoms with Crippen molar-refractivity contribution in [2.75, 3.05) is 33.7 Å². The molecule has 0 radical (unpaired) electrons. The van der Waals surface area contributed by atoms with Crippen molar-refractivity contribution < 1.29 is 9.59 Å². The van der Waals surface area contributed by atoms with E-state index in [1.165, 1.54) is 21.3 Å². The maximum atomic E-state index is 12.5. The molecule has 0 spiro atoms. The summed E-state index contributed by atoms with van der Waals surface area (Å²) in [4.78, 5) is 28.1. The van der Waals surface area contributed by atoms with Crippen LogP contribution < -0.4 is 5.32 Å². The van der Waals surface area contributed by atoms with Gasteiger partial charge in [0.25, 0.3) is 5.91 Å². The van der Waals surface area contributed by atoms with E-state index in [9.17, 15) is 9.59 Å². The largest absolute Gasteiger partial charge is 0.349 e. The SMILES string of the molecule is CCN(CC)C(CNC(=O)c1cn(CC(=O)N(C)C)nn1)Cc1ccccc1. The first kappa shape index (κ1) is 21.6. The lowest BCUT2D eigenvalue weighted by molar-refractivity contribution is -0.129. The summed E-state index contributed by atoms with van der Waals surface area (Å²) in [6, 6.07) is 10.5. The van der Waals surface area contributed by atoms with Gasteiger partial charge < -0.3 is 10.2 Å². The summed E-state index contributed by atoms with van der Waals surface area (Å²) in [6.07, 6.45) is 2.35. The fraction of sp³-hybridized carbons (Fsp3) is 0.500. The standard InChI is InChI=1S/C20H30N6O2/c1-5-25(6-2)17(12-16-10-8-7-9-11-16)13-21-20(28)18-14-26(23-22-18)15-19(27)24(3)4/h7-11,14,17H,5-6,12-13,15H2,1-4H3,(H,21,28). The molecule has 0 aliphatic carbocycles. The van der Waals surface area contributed by atoms with Crippen molar-refractivity contribution >= 4 is 11.8 Å². The van der Waals surface area contributed by atoms with Crippen LogP contribution in [0.25, 0.3) is 0 Å². The Morgan fingerprint density at radius 3 is 2.43 bits per heavy atom. The lowest BCUT2D eigenvalue weighted by Gasteiger charge is -2.30. The average Bonchev–Trinajstić information content (AvgIpc) is 3.16. The third kappa shape index (κ3) is 6.16. The van der Waals surface area contributed by atoms with Crippen LogP contribution in [0.1, 0.15) is 29.9 Å². The second-order valence-corrected chi connectivity index (χ2v) is 6.86. The van der Waals surface area contributed by atoms with Crippen LogP contribution in [-0.4, -0.2) is 76.4 Å². The van der Waals surface area contributed by atoms with Crippen molar-refractivity contribution in [2.24, 2.45) is 0 Å². The number of likely N-dealkylation sites (N-methyl/N-ethyl adjacent to an activating group) is 2. The predicted molar refractivity (Wildman–Crippen MR) is 108 cm³/mol. The molecule has 0 aliphatic rings. The van der Waals surface area contributed by atoms with E-state index in [2.05, 4.69) is 46.5 Å². The molecule has 0 fully saturated rings. The normalized spacial score (nSPS) is 12.0. The second kappa shape index (κ2) is 10.6. The van der Waals surface area contributed by atoms with Gasteiger partial charge in [-0.25, -0.2) is 4.68 Å². The number of hydrogen-bond acceptors (Lipinski definition) is 5. The zero-order valence-electron chi connectivity index (χ0n) is 17.1. The summed E-state index contributed by atoms with van der Waals surface area (Å²) in [5, 5.41) is 10.7. The molecule has 152 valence electrons. The number of rotatable bonds is 10. The van der Waals surface area contributed by atoms with E-state index < -0.39 is 0 Å². The molecular weight excluding hydrogens is 356 g/mol. The molecule has 0 aliphatic heterocycles. The fourth-order valence-corrected chi connectivity index (χ4v) is 3.02. The van der Waals surface area contributed by atoms with E-state index in [1.54, 1.807) is 14.1 Å². The molecule has 0 saturated carbocycles. The van der Waals surface area contributed by atoms with Crippen LogP contribution in [0.15, 0.2) is 36.5 Å². The van der Waals surface area contributed by atoms with Crippen LogP contribution in [0.4, 0.5) is 0 Å². The second-order valence-electron chi connectivity index (χ2n) is 6.86. The molecule has 1 aromatic heterocycles. The highest BCUT2D eigenvalue weighted by Gasteiger charge is 2.19. The number of hydrogen-bond donors (Lipinski definition) is 1. The molecule has 1 atom stereocenters. The van der Waals surface area contributed by atoms with Crippen LogP contribution in [0.3, 0.4) is 0 Å². The number of amides is 2. The number of benzene rings is 1. The van der Waals surface area contributed by atoms with Gasteiger partial charge in [-0.1, -0.05) is 49.4 Å². The molecule has 2 rings (SSSR count). The van der Waals surface area contributed by atoms with Crippen molar-refractivity contribution in [3.8, 4) is 0 Å². The number of carbonyl (C=O) groups excluding carboxylic acids is 2. The highest BCUT2D eigenvalue weighted by molar-refractivity contribution is 5.91. The number of nitrogens with one attached hydrogen (secondary N) is 1. The highest BCUT2D eigenvalue weighted by Crippen LogP contribution is 2.09. The molecule has 28 heavy (non-hydrogen) atoms. The van der Waals surface area contributed by atoms with E-state index in [-0.39, 0.29) is 30.1 Å². The minimum Gasteiger partial charge on any atom is -0.349 e. The first-order valence-corrected chi connectivity index (χ1v) is 9.61. The van der Waals surface area contributed by atoms with Gasteiger partial charge in [-0.2, -0.15) is 0 Å². The van der Waals surface area contributed by atoms with Crippen molar-refractivity contribution in [2.45, 2.75) is 32.9 Å². The molecule has 1 unspecified atom stereocenters. The van der Waals surface area contributed by atoms with Gasteiger partial charge in [-0.05, 0) is 25.1 Å². The minimum absolute atomic E-state index is 0.0589. The molecule has 1 heterocycles. The zero-order valence-corrected chi connectivity index (χ0v) is 17.1. The van der Waals surface area contributed by atoms with Gasteiger partial charge in [0, 0.05) is 26.7 Å².